The maximum absolute atomic E-state index is 5.53. The molecule has 1 saturated heterocycles. The fourth-order valence-corrected chi connectivity index (χ4v) is 3.38. The third-order valence-electron chi connectivity index (χ3n) is 5.00. The molecule has 4 rings (SSSR count). The SMILES string of the molecule is Cc1ncc(CCN(C)C2CN(c3cc4c(nn3)CCC4)C2)o1. The lowest BCUT2D eigenvalue weighted by Crippen LogP contribution is -2.59. The van der Waals surface area contributed by atoms with Crippen molar-refractivity contribution >= 4 is 5.82 Å². The minimum atomic E-state index is 0.578. The van der Waals surface area contributed by atoms with Crippen molar-refractivity contribution in [3.8, 4) is 0 Å². The standard InChI is InChI=1S/C17H23N5O/c1-12-18-9-15(23-12)6-7-21(2)14-10-22(11-14)17-8-13-4-3-5-16(13)19-20-17/h8-9,14H,3-7,10-11H2,1-2H3. The molecule has 3 heterocycles. The van der Waals surface area contributed by atoms with Crippen molar-refractivity contribution in [3.63, 3.8) is 0 Å². The Bertz CT molecular complexity index is 692. The Balaban J connectivity index is 1.29. The second kappa shape index (κ2) is 5.92. The van der Waals surface area contributed by atoms with Gasteiger partial charge in [0, 0.05) is 39.0 Å². The Morgan fingerprint density at radius 2 is 2.17 bits per heavy atom. The summed E-state index contributed by atoms with van der Waals surface area (Å²) in [6.45, 7) is 4.93. The molecule has 23 heavy (non-hydrogen) atoms. The van der Waals surface area contributed by atoms with Crippen LogP contribution in [0.3, 0.4) is 0 Å². The van der Waals surface area contributed by atoms with Gasteiger partial charge in [0.25, 0.3) is 0 Å². The lowest BCUT2D eigenvalue weighted by Gasteiger charge is -2.44. The molecule has 0 amide bonds. The lowest BCUT2D eigenvalue weighted by atomic mass is 10.1. The number of anilines is 1. The normalized spacial score (nSPS) is 17.6. The number of rotatable bonds is 5. The average molecular weight is 313 g/mol. The second-order valence-electron chi connectivity index (χ2n) is 6.66. The number of aromatic nitrogens is 3. The van der Waals surface area contributed by atoms with Crippen molar-refractivity contribution in [2.75, 3.05) is 31.6 Å². The number of hydrogen-bond acceptors (Lipinski definition) is 6. The first kappa shape index (κ1) is 14.6. The Labute approximate surface area is 136 Å². The topological polar surface area (TPSA) is 58.3 Å². The van der Waals surface area contributed by atoms with Crippen LogP contribution in [0.4, 0.5) is 5.82 Å². The van der Waals surface area contributed by atoms with Crippen LogP contribution in [0.5, 0.6) is 0 Å². The fraction of sp³-hybridized carbons (Fsp3) is 0.588. The quantitative estimate of drug-likeness (QED) is 0.836. The molecular weight excluding hydrogens is 290 g/mol. The molecule has 0 aromatic carbocycles. The van der Waals surface area contributed by atoms with E-state index < -0.39 is 0 Å². The van der Waals surface area contributed by atoms with Gasteiger partial charge >= 0.3 is 0 Å². The largest absolute Gasteiger partial charge is 0.446 e. The molecule has 2 aromatic rings. The number of likely N-dealkylation sites (N-methyl/N-ethyl adjacent to an activating group) is 1. The maximum Gasteiger partial charge on any atom is 0.191 e. The molecular formula is C17H23N5O. The van der Waals surface area contributed by atoms with Crippen molar-refractivity contribution in [1.82, 2.24) is 20.1 Å². The highest BCUT2D eigenvalue weighted by atomic mass is 16.3. The van der Waals surface area contributed by atoms with Crippen molar-refractivity contribution in [2.45, 2.75) is 38.6 Å². The van der Waals surface area contributed by atoms with Gasteiger partial charge in [0.2, 0.25) is 0 Å². The Morgan fingerprint density at radius 1 is 1.30 bits per heavy atom. The Kier molecular flexibility index (Phi) is 3.77. The molecule has 6 heteroatoms. The van der Waals surface area contributed by atoms with Crippen LogP contribution in [-0.4, -0.2) is 52.8 Å². The van der Waals surface area contributed by atoms with E-state index in [1.807, 2.05) is 13.1 Å². The van der Waals surface area contributed by atoms with Crippen LogP contribution in [0.15, 0.2) is 16.7 Å². The van der Waals surface area contributed by atoms with Gasteiger partial charge in [0.05, 0.1) is 11.9 Å². The van der Waals surface area contributed by atoms with Gasteiger partial charge in [-0.05, 0) is 37.9 Å². The molecule has 2 aromatic heterocycles. The highest BCUT2D eigenvalue weighted by Crippen LogP contribution is 2.26. The molecule has 0 saturated carbocycles. The molecule has 1 aliphatic carbocycles. The smallest absolute Gasteiger partial charge is 0.191 e. The summed E-state index contributed by atoms with van der Waals surface area (Å²) in [5, 5.41) is 8.78. The van der Waals surface area contributed by atoms with E-state index in [1.54, 1.807) is 0 Å². The highest BCUT2D eigenvalue weighted by molar-refractivity contribution is 5.45. The van der Waals surface area contributed by atoms with Gasteiger partial charge < -0.3 is 9.32 Å². The minimum Gasteiger partial charge on any atom is -0.446 e. The van der Waals surface area contributed by atoms with Gasteiger partial charge in [-0.25, -0.2) is 4.98 Å². The number of oxazole rings is 1. The number of fused-ring (bicyclic) bond motifs is 1. The number of nitrogens with zero attached hydrogens (tertiary/aromatic N) is 5. The van der Waals surface area contributed by atoms with Gasteiger partial charge in [0.15, 0.2) is 11.7 Å². The lowest BCUT2D eigenvalue weighted by molar-refractivity contribution is 0.203. The van der Waals surface area contributed by atoms with Crippen molar-refractivity contribution in [3.05, 3.63) is 35.2 Å². The van der Waals surface area contributed by atoms with Crippen LogP contribution in [0.25, 0.3) is 0 Å². The zero-order valence-corrected chi connectivity index (χ0v) is 13.8. The van der Waals surface area contributed by atoms with E-state index >= 15 is 0 Å². The molecule has 0 spiro atoms. The van der Waals surface area contributed by atoms with E-state index in [1.165, 1.54) is 17.7 Å². The molecule has 0 atom stereocenters. The van der Waals surface area contributed by atoms with Crippen molar-refractivity contribution in [1.29, 1.82) is 0 Å². The predicted octanol–water partition coefficient (Wildman–Crippen LogP) is 1.62. The fourth-order valence-electron chi connectivity index (χ4n) is 3.38. The maximum atomic E-state index is 5.53. The van der Waals surface area contributed by atoms with Gasteiger partial charge in [-0.3, -0.25) is 4.90 Å². The Morgan fingerprint density at radius 3 is 2.96 bits per heavy atom. The van der Waals surface area contributed by atoms with Gasteiger partial charge in [-0.1, -0.05) is 0 Å². The zero-order valence-electron chi connectivity index (χ0n) is 13.8. The molecule has 2 aliphatic rings. The first-order valence-corrected chi connectivity index (χ1v) is 8.41. The first-order chi connectivity index (χ1) is 11.2. The van der Waals surface area contributed by atoms with Crippen molar-refractivity contribution < 1.29 is 4.42 Å². The monoisotopic (exact) mass is 313 g/mol. The summed E-state index contributed by atoms with van der Waals surface area (Å²) in [5.41, 5.74) is 2.60. The number of hydrogen-bond donors (Lipinski definition) is 0. The summed E-state index contributed by atoms with van der Waals surface area (Å²) in [6.07, 6.45) is 6.21. The third-order valence-corrected chi connectivity index (χ3v) is 5.00. The minimum absolute atomic E-state index is 0.578. The number of aryl methyl sites for hydroxylation is 3. The average Bonchev–Trinajstić information content (AvgIpc) is 3.11. The van der Waals surface area contributed by atoms with Gasteiger partial charge in [0.1, 0.15) is 5.76 Å². The molecule has 0 unspecified atom stereocenters. The van der Waals surface area contributed by atoms with E-state index in [4.69, 9.17) is 4.42 Å². The second-order valence-corrected chi connectivity index (χ2v) is 6.66. The van der Waals surface area contributed by atoms with Gasteiger partial charge in [-0.2, -0.15) is 5.10 Å². The van der Waals surface area contributed by atoms with Crippen LogP contribution in [0.1, 0.15) is 29.3 Å². The molecule has 0 N–H and O–H groups in total. The van der Waals surface area contributed by atoms with Crippen LogP contribution < -0.4 is 4.90 Å². The van der Waals surface area contributed by atoms with Gasteiger partial charge in [-0.15, -0.1) is 5.10 Å². The van der Waals surface area contributed by atoms with E-state index in [2.05, 4.69) is 38.1 Å². The molecule has 0 radical (unpaired) electrons. The molecule has 1 fully saturated rings. The van der Waals surface area contributed by atoms with Crippen LogP contribution in [-0.2, 0) is 19.3 Å². The van der Waals surface area contributed by atoms with E-state index in [0.29, 0.717) is 6.04 Å². The van der Waals surface area contributed by atoms with E-state index in [0.717, 1.165) is 56.4 Å². The summed E-state index contributed by atoms with van der Waals surface area (Å²) in [4.78, 5) is 8.87. The zero-order chi connectivity index (χ0) is 15.8. The summed E-state index contributed by atoms with van der Waals surface area (Å²) in [6, 6.07) is 2.82. The van der Waals surface area contributed by atoms with E-state index in [-0.39, 0.29) is 0 Å². The predicted molar refractivity (Wildman–Crippen MR) is 87.6 cm³/mol. The summed E-state index contributed by atoms with van der Waals surface area (Å²) < 4.78 is 5.53. The third kappa shape index (κ3) is 2.95. The highest BCUT2D eigenvalue weighted by Gasteiger charge is 2.31. The van der Waals surface area contributed by atoms with Crippen LogP contribution >= 0.6 is 0 Å². The van der Waals surface area contributed by atoms with E-state index in [9.17, 15) is 0 Å². The summed E-state index contributed by atoms with van der Waals surface area (Å²) >= 11 is 0. The molecule has 6 nitrogen and oxygen atoms in total. The van der Waals surface area contributed by atoms with Crippen LogP contribution in [0.2, 0.25) is 0 Å². The summed E-state index contributed by atoms with van der Waals surface area (Å²) in [5.74, 6) is 2.75. The van der Waals surface area contributed by atoms with Crippen LogP contribution in [0, 0.1) is 6.92 Å². The molecule has 1 aliphatic heterocycles. The first-order valence-electron chi connectivity index (χ1n) is 8.41. The van der Waals surface area contributed by atoms with Crippen molar-refractivity contribution in [2.24, 2.45) is 0 Å². The Hall–Kier alpha value is -1.95. The molecule has 0 bridgehead atoms. The summed E-state index contributed by atoms with van der Waals surface area (Å²) in [7, 11) is 2.18. The molecule has 122 valence electrons.